The zero-order chi connectivity index (χ0) is 11.2. The van der Waals surface area contributed by atoms with Gasteiger partial charge in [0, 0.05) is 6.54 Å². The first-order valence-electron chi connectivity index (χ1n) is 5.65. The molecule has 1 aliphatic carbocycles. The van der Waals surface area contributed by atoms with Gasteiger partial charge in [-0.2, -0.15) is 0 Å². The van der Waals surface area contributed by atoms with E-state index < -0.39 is 5.97 Å². The number of carboxylic acids is 1. The SMILES string of the molecule is O=C(O)c1nnc2n1CCCNC21CCC1. The topological polar surface area (TPSA) is 80.0 Å². The van der Waals surface area contributed by atoms with Gasteiger partial charge in [0.05, 0.1) is 5.54 Å². The molecule has 1 fully saturated rings. The largest absolute Gasteiger partial charge is 0.475 e. The fourth-order valence-corrected chi connectivity index (χ4v) is 2.60. The van der Waals surface area contributed by atoms with Crippen molar-refractivity contribution in [2.75, 3.05) is 6.54 Å². The van der Waals surface area contributed by atoms with E-state index in [1.165, 1.54) is 6.42 Å². The number of fused-ring (bicyclic) bond motifs is 2. The molecule has 1 spiro atoms. The second-order valence-electron chi connectivity index (χ2n) is 4.52. The van der Waals surface area contributed by atoms with Crippen molar-refractivity contribution in [1.29, 1.82) is 0 Å². The van der Waals surface area contributed by atoms with Gasteiger partial charge in [-0.15, -0.1) is 10.2 Å². The van der Waals surface area contributed by atoms with Crippen molar-refractivity contribution in [2.45, 2.75) is 37.8 Å². The number of hydrogen-bond donors (Lipinski definition) is 2. The van der Waals surface area contributed by atoms with E-state index in [-0.39, 0.29) is 11.4 Å². The number of carbonyl (C=O) groups is 1. The van der Waals surface area contributed by atoms with Gasteiger partial charge in [-0.3, -0.25) is 0 Å². The fourth-order valence-electron chi connectivity index (χ4n) is 2.60. The highest BCUT2D eigenvalue weighted by atomic mass is 16.4. The molecule has 1 saturated carbocycles. The molecule has 0 radical (unpaired) electrons. The Morgan fingerprint density at radius 2 is 2.19 bits per heavy atom. The normalized spacial score (nSPS) is 22.2. The lowest BCUT2D eigenvalue weighted by Crippen LogP contribution is -2.48. The molecule has 16 heavy (non-hydrogen) atoms. The Labute approximate surface area is 92.7 Å². The molecule has 0 atom stereocenters. The summed E-state index contributed by atoms with van der Waals surface area (Å²) in [5.74, 6) is -0.103. The van der Waals surface area contributed by atoms with Gasteiger partial charge in [-0.25, -0.2) is 4.79 Å². The van der Waals surface area contributed by atoms with Crippen LogP contribution in [0.3, 0.4) is 0 Å². The van der Waals surface area contributed by atoms with E-state index in [1.807, 2.05) is 0 Å². The summed E-state index contributed by atoms with van der Waals surface area (Å²) >= 11 is 0. The Hall–Kier alpha value is -1.43. The summed E-state index contributed by atoms with van der Waals surface area (Å²) < 4.78 is 1.77. The number of rotatable bonds is 1. The van der Waals surface area contributed by atoms with Crippen LogP contribution >= 0.6 is 0 Å². The standard InChI is InChI=1S/C10H14N4O2/c15-8(16)7-12-13-9-10(3-1-4-10)11-5-2-6-14(7)9/h11H,1-6H2,(H,15,16). The molecule has 0 bridgehead atoms. The molecule has 86 valence electrons. The number of nitrogens with zero attached hydrogens (tertiary/aromatic N) is 3. The van der Waals surface area contributed by atoms with Crippen LogP contribution in [0.2, 0.25) is 0 Å². The number of hydrogen-bond acceptors (Lipinski definition) is 4. The maximum absolute atomic E-state index is 11.0. The highest BCUT2D eigenvalue weighted by molar-refractivity contribution is 5.83. The molecule has 0 amide bonds. The van der Waals surface area contributed by atoms with Crippen molar-refractivity contribution in [3.63, 3.8) is 0 Å². The lowest BCUT2D eigenvalue weighted by atomic mass is 9.76. The summed E-state index contributed by atoms with van der Waals surface area (Å²) in [6, 6.07) is 0. The maximum Gasteiger partial charge on any atom is 0.374 e. The third-order valence-electron chi connectivity index (χ3n) is 3.60. The zero-order valence-corrected chi connectivity index (χ0v) is 8.94. The number of aromatic carboxylic acids is 1. The van der Waals surface area contributed by atoms with Crippen molar-refractivity contribution < 1.29 is 9.90 Å². The quantitative estimate of drug-likeness (QED) is 0.716. The van der Waals surface area contributed by atoms with Crippen LogP contribution in [-0.2, 0) is 12.1 Å². The highest BCUT2D eigenvalue weighted by Gasteiger charge is 2.44. The molecule has 3 rings (SSSR count). The van der Waals surface area contributed by atoms with E-state index in [0.29, 0.717) is 6.54 Å². The highest BCUT2D eigenvalue weighted by Crippen LogP contribution is 2.41. The minimum atomic E-state index is -0.991. The first-order chi connectivity index (χ1) is 7.73. The van der Waals surface area contributed by atoms with E-state index in [0.717, 1.165) is 31.6 Å². The lowest BCUT2D eigenvalue weighted by Gasteiger charge is -2.40. The van der Waals surface area contributed by atoms with Crippen molar-refractivity contribution in [3.8, 4) is 0 Å². The van der Waals surface area contributed by atoms with Crippen LogP contribution in [0.4, 0.5) is 0 Å². The van der Waals surface area contributed by atoms with Gasteiger partial charge < -0.3 is 15.0 Å². The third-order valence-corrected chi connectivity index (χ3v) is 3.60. The smallest absolute Gasteiger partial charge is 0.374 e. The molecule has 0 saturated heterocycles. The van der Waals surface area contributed by atoms with Gasteiger partial charge in [0.2, 0.25) is 5.82 Å². The van der Waals surface area contributed by atoms with Crippen molar-refractivity contribution in [2.24, 2.45) is 0 Å². The monoisotopic (exact) mass is 222 g/mol. The summed E-state index contributed by atoms with van der Waals surface area (Å²) in [6.45, 7) is 1.61. The average Bonchev–Trinajstić information content (AvgIpc) is 2.51. The average molecular weight is 222 g/mol. The lowest BCUT2D eigenvalue weighted by molar-refractivity contribution is 0.0676. The van der Waals surface area contributed by atoms with Gasteiger partial charge in [-0.1, -0.05) is 0 Å². The predicted molar refractivity (Wildman–Crippen MR) is 55.1 cm³/mol. The minimum Gasteiger partial charge on any atom is -0.475 e. The Morgan fingerprint density at radius 3 is 2.81 bits per heavy atom. The molecule has 1 aromatic heterocycles. The van der Waals surface area contributed by atoms with Crippen molar-refractivity contribution in [3.05, 3.63) is 11.6 Å². The fraction of sp³-hybridized carbons (Fsp3) is 0.700. The van der Waals surface area contributed by atoms with Crippen LogP contribution in [0.15, 0.2) is 0 Å². The van der Waals surface area contributed by atoms with E-state index in [2.05, 4.69) is 15.5 Å². The third kappa shape index (κ3) is 1.19. The number of aromatic nitrogens is 3. The van der Waals surface area contributed by atoms with E-state index in [9.17, 15) is 4.79 Å². The molecule has 1 aliphatic heterocycles. The molecule has 2 N–H and O–H groups in total. The van der Waals surface area contributed by atoms with E-state index >= 15 is 0 Å². The molecule has 1 aromatic rings. The molecular formula is C10H14N4O2. The zero-order valence-electron chi connectivity index (χ0n) is 8.94. The number of carboxylic acid groups (broad SMARTS) is 1. The minimum absolute atomic E-state index is 0.0741. The molecule has 0 unspecified atom stereocenters. The van der Waals surface area contributed by atoms with Gasteiger partial charge in [0.1, 0.15) is 0 Å². The second kappa shape index (κ2) is 3.28. The summed E-state index contributed by atoms with van der Waals surface area (Å²) in [5.41, 5.74) is -0.100. The van der Waals surface area contributed by atoms with Gasteiger partial charge >= 0.3 is 5.97 Å². The molecule has 2 aliphatic rings. The van der Waals surface area contributed by atoms with Crippen LogP contribution < -0.4 is 5.32 Å². The Bertz CT molecular complexity index is 436. The van der Waals surface area contributed by atoms with E-state index in [4.69, 9.17) is 5.11 Å². The summed E-state index contributed by atoms with van der Waals surface area (Å²) in [7, 11) is 0. The molecule has 0 aromatic carbocycles. The first kappa shape index (κ1) is 9.77. The van der Waals surface area contributed by atoms with Gasteiger partial charge in [0.15, 0.2) is 5.82 Å². The van der Waals surface area contributed by atoms with Crippen LogP contribution in [-0.4, -0.2) is 32.4 Å². The number of nitrogens with one attached hydrogen (secondary N) is 1. The second-order valence-corrected chi connectivity index (χ2v) is 4.52. The van der Waals surface area contributed by atoms with Crippen LogP contribution in [0.1, 0.15) is 42.1 Å². The summed E-state index contributed by atoms with van der Waals surface area (Å²) in [5, 5.41) is 20.4. The molecule has 6 heteroatoms. The van der Waals surface area contributed by atoms with Crippen LogP contribution in [0.25, 0.3) is 0 Å². The Kier molecular flexibility index (Phi) is 2.00. The van der Waals surface area contributed by atoms with Gasteiger partial charge in [0.25, 0.3) is 0 Å². The Balaban J connectivity index is 2.09. The van der Waals surface area contributed by atoms with Gasteiger partial charge in [-0.05, 0) is 32.2 Å². The maximum atomic E-state index is 11.0. The summed E-state index contributed by atoms with van der Waals surface area (Å²) in [6.07, 6.45) is 4.16. The van der Waals surface area contributed by atoms with Crippen molar-refractivity contribution >= 4 is 5.97 Å². The van der Waals surface area contributed by atoms with Crippen molar-refractivity contribution in [1.82, 2.24) is 20.1 Å². The Morgan fingerprint density at radius 1 is 1.38 bits per heavy atom. The van der Waals surface area contributed by atoms with E-state index in [1.54, 1.807) is 4.57 Å². The first-order valence-corrected chi connectivity index (χ1v) is 5.65. The molecular weight excluding hydrogens is 208 g/mol. The van der Waals surface area contributed by atoms with Crippen LogP contribution in [0, 0.1) is 0 Å². The predicted octanol–water partition coefficient (Wildman–Crippen LogP) is 0.349. The molecule has 6 nitrogen and oxygen atoms in total. The van der Waals surface area contributed by atoms with Crippen LogP contribution in [0.5, 0.6) is 0 Å². The molecule has 2 heterocycles. The summed E-state index contributed by atoms with van der Waals surface area (Å²) in [4.78, 5) is 11.0.